The maximum absolute atomic E-state index is 13.1. The molecule has 0 unspecified atom stereocenters. The fourth-order valence-corrected chi connectivity index (χ4v) is 3.16. The molecule has 5 nitrogen and oxygen atoms in total. The van der Waals surface area contributed by atoms with Crippen LogP contribution in [-0.4, -0.2) is 20.5 Å². The number of alkyl halides is 3. The van der Waals surface area contributed by atoms with Gasteiger partial charge >= 0.3 is 6.18 Å². The van der Waals surface area contributed by atoms with E-state index in [9.17, 15) is 21.6 Å². The van der Waals surface area contributed by atoms with Crippen molar-refractivity contribution < 1.29 is 26.3 Å². The Balaban J connectivity index is 2.40. The van der Waals surface area contributed by atoms with Gasteiger partial charge in [-0.15, -0.1) is 0 Å². The number of sulfonamides is 1. The Bertz CT molecular complexity index is 848. The molecule has 0 spiro atoms. The highest BCUT2D eigenvalue weighted by molar-refractivity contribution is 7.92. The molecule has 136 valence electrons. The second-order valence-corrected chi connectivity index (χ2v) is 7.26. The molecular weight excluding hydrogens is 357 g/mol. The van der Waals surface area contributed by atoms with Crippen LogP contribution in [0.25, 0.3) is 0 Å². The number of hydrogen-bond acceptors (Lipinski definition) is 4. The highest BCUT2D eigenvalue weighted by atomic mass is 32.2. The van der Waals surface area contributed by atoms with Crippen LogP contribution >= 0.6 is 0 Å². The van der Waals surface area contributed by atoms with Crippen molar-refractivity contribution >= 4 is 15.7 Å². The third-order valence-corrected chi connectivity index (χ3v) is 4.83. The van der Waals surface area contributed by atoms with Crippen LogP contribution < -0.4 is 9.46 Å². The molecule has 2 rings (SSSR count). The van der Waals surface area contributed by atoms with Gasteiger partial charge in [0.05, 0.1) is 17.7 Å². The van der Waals surface area contributed by atoms with Crippen molar-refractivity contribution in [1.82, 2.24) is 4.98 Å². The minimum absolute atomic E-state index is 0.138. The minimum Gasteiger partial charge on any atom is -0.481 e. The SMILES string of the molecule is COc1ccc(NS(=O)(=O)c2ccc(C(C)C)cc2)c(C(F)(F)F)n1. The van der Waals surface area contributed by atoms with E-state index >= 15 is 0 Å². The normalized spacial score (nSPS) is 12.3. The third kappa shape index (κ3) is 4.41. The standard InChI is InChI=1S/C16H17F3N2O3S/c1-10(2)11-4-6-12(7-5-11)25(22,23)21-13-8-9-14(24-3)20-15(13)16(17,18)19/h4-10,21H,1-3H3. The van der Waals surface area contributed by atoms with Gasteiger partial charge in [0.15, 0.2) is 5.69 Å². The van der Waals surface area contributed by atoms with Crippen molar-refractivity contribution in [2.75, 3.05) is 11.8 Å². The van der Waals surface area contributed by atoms with Crippen LogP contribution in [0.5, 0.6) is 5.88 Å². The summed E-state index contributed by atoms with van der Waals surface area (Å²) in [4.78, 5) is 3.17. The zero-order valence-electron chi connectivity index (χ0n) is 13.8. The van der Waals surface area contributed by atoms with E-state index in [4.69, 9.17) is 0 Å². The molecule has 25 heavy (non-hydrogen) atoms. The molecule has 9 heteroatoms. The summed E-state index contributed by atoms with van der Waals surface area (Å²) in [5, 5.41) is 0. The van der Waals surface area contributed by atoms with E-state index in [0.717, 1.165) is 17.7 Å². The second kappa shape index (κ2) is 6.91. The fraction of sp³-hybridized carbons (Fsp3) is 0.312. The zero-order valence-corrected chi connectivity index (χ0v) is 14.6. The summed E-state index contributed by atoms with van der Waals surface area (Å²) in [6.07, 6.45) is -4.84. The van der Waals surface area contributed by atoms with Crippen molar-refractivity contribution in [3.05, 3.63) is 47.7 Å². The monoisotopic (exact) mass is 374 g/mol. The molecule has 1 heterocycles. The number of nitrogens with zero attached hydrogens (tertiary/aromatic N) is 1. The molecule has 1 N–H and O–H groups in total. The first-order valence-electron chi connectivity index (χ1n) is 7.29. The number of methoxy groups -OCH3 is 1. The maximum atomic E-state index is 13.1. The molecule has 0 saturated heterocycles. The van der Waals surface area contributed by atoms with Gasteiger partial charge in [-0.05, 0) is 29.7 Å². The number of aromatic nitrogens is 1. The van der Waals surface area contributed by atoms with Gasteiger partial charge in [-0.3, -0.25) is 4.72 Å². The summed E-state index contributed by atoms with van der Waals surface area (Å²) < 4.78 is 70.8. The molecule has 0 bridgehead atoms. The number of benzene rings is 1. The first kappa shape index (κ1) is 19.0. The summed E-state index contributed by atoms with van der Waals surface area (Å²) in [6.45, 7) is 3.89. The number of ether oxygens (including phenoxy) is 1. The average molecular weight is 374 g/mol. The van der Waals surface area contributed by atoms with Gasteiger partial charge in [-0.1, -0.05) is 26.0 Å². The van der Waals surface area contributed by atoms with Crippen LogP contribution in [-0.2, 0) is 16.2 Å². The Kier molecular flexibility index (Phi) is 5.26. The van der Waals surface area contributed by atoms with Crippen LogP contribution in [0.3, 0.4) is 0 Å². The van der Waals surface area contributed by atoms with E-state index in [1.807, 2.05) is 18.6 Å². The van der Waals surface area contributed by atoms with E-state index in [0.29, 0.717) is 0 Å². The highest BCUT2D eigenvalue weighted by Crippen LogP contribution is 2.35. The van der Waals surface area contributed by atoms with Gasteiger partial charge in [0.1, 0.15) is 0 Å². The fourth-order valence-electron chi connectivity index (χ4n) is 2.09. The van der Waals surface area contributed by atoms with Crippen molar-refractivity contribution in [2.24, 2.45) is 0 Å². The lowest BCUT2D eigenvalue weighted by Crippen LogP contribution is -2.18. The van der Waals surface area contributed by atoms with Crippen molar-refractivity contribution in [3.8, 4) is 5.88 Å². The number of halogens is 3. The van der Waals surface area contributed by atoms with Gasteiger partial charge in [0.25, 0.3) is 10.0 Å². The molecule has 0 radical (unpaired) electrons. The molecule has 1 aromatic heterocycles. The van der Waals surface area contributed by atoms with Gasteiger partial charge in [-0.2, -0.15) is 13.2 Å². The van der Waals surface area contributed by atoms with E-state index in [2.05, 4.69) is 9.72 Å². The smallest absolute Gasteiger partial charge is 0.435 e. The molecule has 0 aliphatic heterocycles. The summed E-state index contributed by atoms with van der Waals surface area (Å²) in [7, 11) is -3.02. The molecule has 0 atom stereocenters. The Morgan fingerprint density at radius 3 is 2.16 bits per heavy atom. The summed E-state index contributed by atoms with van der Waals surface area (Å²) in [6, 6.07) is 8.06. The van der Waals surface area contributed by atoms with Crippen LogP contribution in [0.1, 0.15) is 31.0 Å². The molecule has 0 saturated carbocycles. The quantitative estimate of drug-likeness (QED) is 0.858. The molecule has 2 aromatic rings. The maximum Gasteiger partial charge on any atom is 0.435 e. The first-order valence-corrected chi connectivity index (χ1v) is 8.78. The lowest BCUT2D eigenvalue weighted by Gasteiger charge is -2.15. The predicted molar refractivity (Wildman–Crippen MR) is 87.1 cm³/mol. The molecule has 0 fully saturated rings. The van der Waals surface area contributed by atoms with Crippen molar-refractivity contribution in [3.63, 3.8) is 0 Å². The van der Waals surface area contributed by atoms with Crippen LogP contribution in [0.4, 0.5) is 18.9 Å². The van der Waals surface area contributed by atoms with Gasteiger partial charge in [-0.25, -0.2) is 13.4 Å². The van der Waals surface area contributed by atoms with Crippen molar-refractivity contribution in [2.45, 2.75) is 30.8 Å². The molecule has 0 amide bonds. The van der Waals surface area contributed by atoms with E-state index in [1.54, 1.807) is 12.1 Å². The van der Waals surface area contributed by atoms with Crippen LogP contribution in [0, 0.1) is 0 Å². The molecule has 0 aliphatic carbocycles. The molecular formula is C16H17F3N2O3S. The summed E-state index contributed by atoms with van der Waals surface area (Å²) in [5.74, 6) is -0.0658. The van der Waals surface area contributed by atoms with Gasteiger partial charge < -0.3 is 4.74 Å². The summed E-state index contributed by atoms with van der Waals surface area (Å²) >= 11 is 0. The number of pyridine rings is 1. The Morgan fingerprint density at radius 1 is 1.08 bits per heavy atom. The number of anilines is 1. The molecule has 1 aromatic carbocycles. The third-order valence-electron chi connectivity index (χ3n) is 3.45. The Hall–Kier alpha value is -2.29. The highest BCUT2D eigenvalue weighted by Gasteiger charge is 2.37. The minimum atomic E-state index is -4.84. The van der Waals surface area contributed by atoms with E-state index in [-0.39, 0.29) is 16.7 Å². The van der Waals surface area contributed by atoms with Crippen LogP contribution in [0.2, 0.25) is 0 Å². The Labute approximate surface area is 143 Å². The van der Waals surface area contributed by atoms with Crippen LogP contribution in [0.15, 0.2) is 41.3 Å². The average Bonchev–Trinajstić information content (AvgIpc) is 2.54. The lowest BCUT2D eigenvalue weighted by atomic mass is 10.0. The van der Waals surface area contributed by atoms with E-state index in [1.165, 1.54) is 19.2 Å². The van der Waals surface area contributed by atoms with Crippen molar-refractivity contribution in [1.29, 1.82) is 0 Å². The number of nitrogens with one attached hydrogen (secondary N) is 1. The largest absolute Gasteiger partial charge is 0.481 e. The number of rotatable bonds is 5. The second-order valence-electron chi connectivity index (χ2n) is 5.58. The molecule has 0 aliphatic rings. The zero-order chi connectivity index (χ0) is 18.8. The lowest BCUT2D eigenvalue weighted by molar-refractivity contribution is -0.140. The Morgan fingerprint density at radius 2 is 1.68 bits per heavy atom. The first-order chi connectivity index (χ1) is 11.5. The predicted octanol–water partition coefficient (Wildman–Crippen LogP) is 4.03. The topological polar surface area (TPSA) is 68.3 Å². The van der Waals surface area contributed by atoms with Gasteiger partial charge in [0.2, 0.25) is 5.88 Å². The van der Waals surface area contributed by atoms with E-state index < -0.39 is 27.6 Å². The summed E-state index contributed by atoms with van der Waals surface area (Å²) in [5.41, 5.74) is -1.11. The number of hydrogen-bond donors (Lipinski definition) is 1. The van der Waals surface area contributed by atoms with Gasteiger partial charge in [0, 0.05) is 6.07 Å².